The molecule has 2 aromatic rings. The lowest BCUT2D eigenvalue weighted by Gasteiger charge is -2.09. The number of nitrogens with zero attached hydrogens (tertiary/aromatic N) is 1. The minimum absolute atomic E-state index is 0.00933. The third-order valence-electron chi connectivity index (χ3n) is 3.20. The predicted molar refractivity (Wildman–Crippen MR) is 78.9 cm³/mol. The number of nitro benzene ring substituents is 1. The number of nitro groups is 1. The summed E-state index contributed by atoms with van der Waals surface area (Å²) in [7, 11) is 0. The molecule has 0 fully saturated rings. The summed E-state index contributed by atoms with van der Waals surface area (Å²) in [6.07, 6.45) is -1.70. The van der Waals surface area contributed by atoms with E-state index in [4.69, 9.17) is 0 Å². The van der Waals surface area contributed by atoms with Crippen molar-refractivity contribution in [3.05, 3.63) is 75.3 Å². The summed E-state index contributed by atoms with van der Waals surface area (Å²) in [5.41, 5.74) is -0.948. The van der Waals surface area contributed by atoms with Crippen LogP contribution in [-0.2, 0) is 12.6 Å². The van der Waals surface area contributed by atoms with Gasteiger partial charge in [-0.15, -0.1) is 0 Å². The number of phenols is 1. The van der Waals surface area contributed by atoms with Crippen molar-refractivity contribution < 1.29 is 23.2 Å². The summed E-state index contributed by atoms with van der Waals surface area (Å²) in [5.74, 6) is -0.480. The Morgan fingerprint density at radius 1 is 1.13 bits per heavy atom. The highest BCUT2D eigenvalue weighted by Crippen LogP contribution is 2.33. The molecular weight excluding hydrogens is 311 g/mol. The van der Waals surface area contributed by atoms with Gasteiger partial charge in [-0.05, 0) is 18.1 Å². The molecule has 0 spiro atoms. The van der Waals surface area contributed by atoms with Crippen LogP contribution < -0.4 is 0 Å². The average molecular weight is 323 g/mol. The molecule has 4 nitrogen and oxygen atoms in total. The number of rotatable bonds is 4. The second-order valence-electron chi connectivity index (χ2n) is 4.73. The first-order chi connectivity index (χ1) is 10.8. The molecule has 0 aliphatic carbocycles. The van der Waals surface area contributed by atoms with Crippen LogP contribution in [0.2, 0.25) is 0 Å². The van der Waals surface area contributed by atoms with Gasteiger partial charge < -0.3 is 5.11 Å². The summed E-state index contributed by atoms with van der Waals surface area (Å²) in [6, 6.07) is 9.12. The van der Waals surface area contributed by atoms with Crippen molar-refractivity contribution in [2.75, 3.05) is 0 Å². The molecular formula is C16H12F3NO3. The summed E-state index contributed by atoms with van der Waals surface area (Å²) < 4.78 is 38.6. The van der Waals surface area contributed by atoms with E-state index in [1.807, 2.05) is 0 Å². The zero-order valence-corrected chi connectivity index (χ0v) is 11.7. The fraction of sp³-hybridized carbons (Fsp3) is 0.125. The number of hydrogen-bond donors (Lipinski definition) is 1. The molecule has 0 radical (unpaired) electrons. The quantitative estimate of drug-likeness (QED) is 0.662. The van der Waals surface area contributed by atoms with Gasteiger partial charge in [0.25, 0.3) is 0 Å². The number of alkyl halides is 3. The van der Waals surface area contributed by atoms with Gasteiger partial charge in [0.05, 0.1) is 10.5 Å². The first-order valence-electron chi connectivity index (χ1n) is 6.58. The van der Waals surface area contributed by atoms with E-state index < -0.39 is 28.1 Å². The Morgan fingerprint density at radius 3 is 2.48 bits per heavy atom. The summed E-state index contributed by atoms with van der Waals surface area (Å²) in [5, 5.41) is 20.5. The Labute approximate surface area is 129 Å². The molecule has 120 valence electrons. The van der Waals surface area contributed by atoms with Crippen molar-refractivity contribution in [3.63, 3.8) is 0 Å². The van der Waals surface area contributed by atoms with Crippen LogP contribution >= 0.6 is 0 Å². The number of phenolic OH excluding ortho intramolecular Hbond substituents is 1. The zero-order valence-electron chi connectivity index (χ0n) is 11.7. The number of hydrogen-bond acceptors (Lipinski definition) is 3. The van der Waals surface area contributed by atoms with Gasteiger partial charge in [-0.1, -0.05) is 42.5 Å². The smallest absolute Gasteiger partial charge is 0.416 e. The van der Waals surface area contributed by atoms with Gasteiger partial charge >= 0.3 is 11.9 Å². The molecule has 0 bridgehead atoms. The van der Waals surface area contributed by atoms with Crippen molar-refractivity contribution >= 4 is 11.8 Å². The van der Waals surface area contributed by atoms with Crippen molar-refractivity contribution in [1.82, 2.24) is 0 Å². The zero-order chi connectivity index (χ0) is 17.0. The van der Waals surface area contributed by atoms with Crippen LogP contribution in [0.15, 0.2) is 48.5 Å². The number of halogens is 3. The van der Waals surface area contributed by atoms with Crippen LogP contribution in [-0.4, -0.2) is 10.0 Å². The largest absolute Gasteiger partial charge is 0.502 e. The summed E-state index contributed by atoms with van der Waals surface area (Å²) in [6.45, 7) is 0. The Balaban J connectivity index is 2.24. The lowest BCUT2D eigenvalue weighted by atomic mass is 10.0. The Kier molecular flexibility index (Phi) is 4.68. The van der Waals surface area contributed by atoms with E-state index >= 15 is 0 Å². The normalized spacial score (nSPS) is 11.8. The Bertz CT molecular complexity index is 754. The number of para-hydroxylation sites is 1. The van der Waals surface area contributed by atoms with E-state index in [0.29, 0.717) is 0 Å². The first-order valence-corrected chi connectivity index (χ1v) is 6.58. The fourth-order valence-corrected chi connectivity index (χ4v) is 2.10. The van der Waals surface area contributed by atoms with Gasteiger partial charge in [-0.25, -0.2) is 0 Å². The molecule has 2 aromatic carbocycles. The Hall–Kier alpha value is -2.83. The maximum Gasteiger partial charge on any atom is 0.416 e. The van der Waals surface area contributed by atoms with Gasteiger partial charge in [0, 0.05) is 11.6 Å². The van der Waals surface area contributed by atoms with E-state index in [1.165, 1.54) is 42.5 Å². The van der Waals surface area contributed by atoms with Crippen molar-refractivity contribution in [2.24, 2.45) is 0 Å². The molecule has 0 saturated carbocycles. The maximum absolute atomic E-state index is 12.9. The Morgan fingerprint density at radius 2 is 1.83 bits per heavy atom. The third-order valence-corrected chi connectivity index (χ3v) is 3.20. The fourth-order valence-electron chi connectivity index (χ4n) is 2.10. The van der Waals surface area contributed by atoms with Crippen LogP contribution in [0, 0.1) is 10.1 Å². The second kappa shape index (κ2) is 6.51. The predicted octanol–water partition coefficient (Wildman–Crippen LogP) is 4.58. The highest BCUT2D eigenvalue weighted by atomic mass is 19.4. The van der Waals surface area contributed by atoms with Crippen molar-refractivity contribution in [1.29, 1.82) is 0 Å². The van der Waals surface area contributed by atoms with Crippen LogP contribution in [0.3, 0.4) is 0 Å². The SMILES string of the molecule is O=[N+]([O-])c1cccc(C/C=C/c2ccccc2C(F)(F)F)c1O. The van der Waals surface area contributed by atoms with E-state index in [2.05, 4.69) is 0 Å². The molecule has 2 rings (SSSR count). The van der Waals surface area contributed by atoms with E-state index in [-0.39, 0.29) is 17.5 Å². The van der Waals surface area contributed by atoms with E-state index in [1.54, 1.807) is 0 Å². The number of benzene rings is 2. The van der Waals surface area contributed by atoms with Crippen LogP contribution in [0.4, 0.5) is 18.9 Å². The van der Waals surface area contributed by atoms with Crippen molar-refractivity contribution in [2.45, 2.75) is 12.6 Å². The van der Waals surface area contributed by atoms with Crippen LogP contribution in [0.5, 0.6) is 5.75 Å². The highest BCUT2D eigenvalue weighted by Gasteiger charge is 2.32. The highest BCUT2D eigenvalue weighted by molar-refractivity contribution is 5.56. The van der Waals surface area contributed by atoms with Gasteiger partial charge in [-0.3, -0.25) is 10.1 Å². The van der Waals surface area contributed by atoms with E-state index in [9.17, 15) is 28.4 Å². The molecule has 0 amide bonds. The molecule has 0 saturated heterocycles. The standard InChI is InChI=1S/C16H12F3NO3/c17-16(18,19)13-9-2-1-5-11(13)6-3-7-12-8-4-10-14(15(12)21)20(22)23/h1-6,8-10,21H,7H2/b6-3+. The topological polar surface area (TPSA) is 63.4 Å². The van der Waals surface area contributed by atoms with Gasteiger partial charge in [-0.2, -0.15) is 13.2 Å². The minimum atomic E-state index is -4.46. The minimum Gasteiger partial charge on any atom is -0.502 e. The first kappa shape index (κ1) is 16.5. The monoisotopic (exact) mass is 323 g/mol. The maximum atomic E-state index is 12.9. The molecule has 1 N–H and O–H groups in total. The summed E-state index contributed by atoms with van der Waals surface area (Å²) >= 11 is 0. The summed E-state index contributed by atoms with van der Waals surface area (Å²) in [4.78, 5) is 10.0. The van der Waals surface area contributed by atoms with Gasteiger partial charge in [0.2, 0.25) is 0 Å². The molecule has 0 aliphatic rings. The molecule has 7 heteroatoms. The molecule has 0 atom stereocenters. The molecule has 0 unspecified atom stereocenters. The van der Waals surface area contributed by atoms with Crippen LogP contribution in [0.25, 0.3) is 6.08 Å². The second-order valence-corrected chi connectivity index (χ2v) is 4.73. The van der Waals surface area contributed by atoms with E-state index in [0.717, 1.165) is 12.1 Å². The molecule has 0 aliphatic heterocycles. The number of allylic oxidation sites excluding steroid dienone is 1. The lowest BCUT2D eigenvalue weighted by molar-refractivity contribution is -0.385. The van der Waals surface area contributed by atoms with Crippen LogP contribution in [0.1, 0.15) is 16.7 Å². The third kappa shape index (κ3) is 3.88. The number of aromatic hydroxyl groups is 1. The molecule has 23 heavy (non-hydrogen) atoms. The molecule has 0 heterocycles. The van der Waals surface area contributed by atoms with Gasteiger partial charge in [0.15, 0.2) is 5.75 Å². The lowest BCUT2D eigenvalue weighted by Crippen LogP contribution is -2.06. The molecule has 0 aromatic heterocycles. The van der Waals surface area contributed by atoms with Crippen molar-refractivity contribution in [3.8, 4) is 5.75 Å². The van der Waals surface area contributed by atoms with Gasteiger partial charge in [0.1, 0.15) is 0 Å². The average Bonchev–Trinajstić information content (AvgIpc) is 2.48.